The number of aryl methyl sites for hydroxylation is 1. The van der Waals surface area contributed by atoms with Crippen LogP contribution in [0.2, 0.25) is 0 Å². The highest BCUT2D eigenvalue weighted by Crippen LogP contribution is 2.23. The summed E-state index contributed by atoms with van der Waals surface area (Å²) in [5.74, 6) is 0.274. The van der Waals surface area contributed by atoms with Crippen LogP contribution in [0.4, 0.5) is 5.69 Å². The van der Waals surface area contributed by atoms with E-state index in [1.54, 1.807) is 0 Å². The highest BCUT2D eigenvalue weighted by molar-refractivity contribution is 5.97. The lowest BCUT2D eigenvalue weighted by atomic mass is 9.97. The summed E-state index contributed by atoms with van der Waals surface area (Å²) in [6.45, 7) is 6.72. The molecule has 5 nitrogen and oxygen atoms in total. The van der Waals surface area contributed by atoms with Gasteiger partial charge in [0.05, 0.1) is 0 Å². The van der Waals surface area contributed by atoms with E-state index in [-0.39, 0.29) is 17.7 Å². The van der Waals surface area contributed by atoms with Crippen LogP contribution < -0.4 is 10.6 Å². The first-order valence-electron chi connectivity index (χ1n) is 9.49. The van der Waals surface area contributed by atoms with Gasteiger partial charge in [-0.05, 0) is 82.8 Å². The predicted molar refractivity (Wildman–Crippen MR) is 99.8 cm³/mol. The molecule has 0 bridgehead atoms. The molecule has 2 heterocycles. The van der Waals surface area contributed by atoms with E-state index >= 15 is 0 Å². The summed E-state index contributed by atoms with van der Waals surface area (Å²) in [7, 11) is 0. The molecule has 2 aliphatic heterocycles. The zero-order valence-electron chi connectivity index (χ0n) is 15.3. The van der Waals surface area contributed by atoms with Gasteiger partial charge in [-0.3, -0.25) is 9.59 Å². The van der Waals surface area contributed by atoms with E-state index in [4.69, 9.17) is 0 Å². The lowest BCUT2D eigenvalue weighted by Gasteiger charge is -2.33. The summed E-state index contributed by atoms with van der Waals surface area (Å²) >= 11 is 0. The van der Waals surface area contributed by atoms with Crippen molar-refractivity contribution in [2.75, 3.05) is 25.0 Å². The number of nitrogens with zero attached hydrogens (tertiary/aromatic N) is 1. The Morgan fingerprint density at radius 3 is 2.60 bits per heavy atom. The van der Waals surface area contributed by atoms with Crippen molar-refractivity contribution in [1.82, 2.24) is 10.2 Å². The average molecular weight is 343 g/mol. The fraction of sp³-hybridized carbons (Fsp3) is 0.600. The maximum Gasteiger partial charge on any atom is 0.254 e. The molecule has 3 rings (SSSR count). The lowest BCUT2D eigenvalue weighted by molar-refractivity contribution is -0.120. The topological polar surface area (TPSA) is 61.4 Å². The summed E-state index contributed by atoms with van der Waals surface area (Å²) in [6, 6.07) is 5.92. The standard InChI is InChI=1S/C20H29N3O2/c1-14-13-17(20(25)23-12-4-3-5-15(23)2)6-7-18(14)22-19(24)16-8-10-21-11-9-16/h6-7,13,15-16,21H,3-5,8-12H2,1-2H3,(H,22,24). The molecule has 2 aliphatic rings. The van der Waals surface area contributed by atoms with Crippen LogP contribution in [0.15, 0.2) is 18.2 Å². The van der Waals surface area contributed by atoms with Crippen LogP contribution in [0, 0.1) is 12.8 Å². The van der Waals surface area contributed by atoms with Gasteiger partial charge < -0.3 is 15.5 Å². The number of benzene rings is 1. The molecular formula is C20H29N3O2. The predicted octanol–water partition coefficient (Wildman–Crippen LogP) is 2.95. The van der Waals surface area contributed by atoms with Crippen molar-refractivity contribution >= 4 is 17.5 Å². The number of nitrogens with one attached hydrogen (secondary N) is 2. The number of piperidine rings is 2. The van der Waals surface area contributed by atoms with E-state index in [1.165, 1.54) is 6.42 Å². The van der Waals surface area contributed by atoms with Crippen LogP contribution in [-0.4, -0.2) is 42.4 Å². The number of anilines is 1. The van der Waals surface area contributed by atoms with Crippen LogP contribution >= 0.6 is 0 Å². The number of amides is 2. The summed E-state index contributed by atoms with van der Waals surface area (Å²) in [5.41, 5.74) is 2.47. The van der Waals surface area contributed by atoms with Crippen molar-refractivity contribution < 1.29 is 9.59 Å². The van der Waals surface area contributed by atoms with Gasteiger partial charge >= 0.3 is 0 Å². The molecule has 0 aliphatic carbocycles. The Morgan fingerprint density at radius 2 is 1.92 bits per heavy atom. The number of hydrogen-bond donors (Lipinski definition) is 2. The van der Waals surface area contributed by atoms with Gasteiger partial charge in [-0.15, -0.1) is 0 Å². The largest absolute Gasteiger partial charge is 0.336 e. The monoisotopic (exact) mass is 343 g/mol. The normalized spacial score (nSPS) is 21.8. The molecule has 0 spiro atoms. The molecule has 5 heteroatoms. The SMILES string of the molecule is Cc1cc(C(=O)N2CCCCC2C)ccc1NC(=O)C1CCNCC1. The summed E-state index contributed by atoms with van der Waals surface area (Å²) < 4.78 is 0. The maximum atomic E-state index is 12.8. The highest BCUT2D eigenvalue weighted by Gasteiger charge is 2.25. The van der Waals surface area contributed by atoms with E-state index in [1.807, 2.05) is 30.0 Å². The van der Waals surface area contributed by atoms with E-state index in [0.29, 0.717) is 11.6 Å². The second-order valence-electron chi connectivity index (χ2n) is 7.39. The number of likely N-dealkylation sites (tertiary alicyclic amines) is 1. The third-order valence-corrected chi connectivity index (χ3v) is 5.51. The van der Waals surface area contributed by atoms with Crippen LogP contribution in [0.5, 0.6) is 0 Å². The first kappa shape index (κ1) is 17.9. The molecule has 1 aromatic rings. The van der Waals surface area contributed by atoms with Gasteiger partial charge in [0.2, 0.25) is 5.91 Å². The first-order valence-corrected chi connectivity index (χ1v) is 9.49. The van der Waals surface area contributed by atoms with Gasteiger partial charge in [0.15, 0.2) is 0 Å². The molecule has 136 valence electrons. The molecule has 0 radical (unpaired) electrons. The van der Waals surface area contributed by atoms with Gasteiger partial charge in [0.1, 0.15) is 0 Å². The molecule has 25 heavy (non-hydrogen) atoms. The second kappa shape index (κ2) is 8.00. The summed E-state index contributed by atoms with van der Waals surface area (Å²) in [6.07, 6.45) is 5.13. The van der Waals surface area contributed by atoms with Gasteiger partial charge in [0.25, 0.3) is 5.91 Å². The third kappa shape index (κ3) is 4.21. The lowest BCUT2D eigenvalue weighted by Crippen LogP contribution is -2.42. The van der Waals surface area contributed by atoms with Gasteiger partial charge in [-0.2, -0.15) is 0 Å². The van der Waals surface area contributed by atoms with E-state index in [0.717, 1.165) is 56.6 Å². The maximum absolute atomic E-state index is 12.8. The average Bonchev–Trinajstić information content (AvgIpc) is 2.64. The molecule has 1 atom stereocenters. The Labute approximate surface area is 150 Å². The minimum Gasteiger partial charge on any atom is -0.336 e. The van der Waals surface area contributed by atoms with E-state index in [2.05, 4.69) is 17.6 Å². The summed E-state index contributed by atoms with van der Waals surface area (Å²) in [5, 5.41) is 6.32. The number of carbonyl (C=O) groups excluding carboxylic acids is 2. The molecule has 2 saturated heterocycles. The van der Waals surface area contributed by atoms with Crippen molar-refractivity contribution in [2.24, 2.45) is 5.92 Å². The van der Waals surface area contributed by atoms with E-state index in [9.17, 15) is 9.59 Å². The number of carbonyl (C=O) groups is 2. The third-order valence-electron chi connectivity index (χ3n) is 5.51. The Morgan fingerprint density at radius 1 is 1.16 bits per heavy atom. The zero-order chi connectivity index (χ0) is 17.8. The molecule has 0 saturated carbocycles. The molecule has 2 fully saturated rings. The minimum atomic E-state index is 0.0798. The highest BCUT2D eigenvalue weighted by atomic mass is 16.2. The Balaban J connectivity index is 1.67. The fourth-order valence-corrected chi connectivity index (χ4v) is 3.82. The van der Waals surface area contributed by atoms with Crippen LogP contribution in [0.25, 0.3) is 0 Å². The molecule has 0 aromatic heterocycles. The molecule has 1 aromatic carbocycles. The van der Waals surface area contributed by atoms with Gasteiger partial charge in [-0.25, -0.2) is 0 Å². The first-order chi connectivity index (χ1) is 12.1. The quantitative estimate of drug-likeness (QED) is 0.887. The van der Waals surface area contributed by atoms with Crippen molar-refractivity contribution in [2.45, 2.75) is 52.0 Å². The minimum absolute atomic E-state index is 0.0798. The number of rotatable bonds is 3. The summed E-state index contributed by atoms with van der Waals surface area (Å²) in [4.78, 5) is 27.2. The molecule has 1 unspecified atom stereocenters. The zero-order valence-corrected chi connectivity index (χ0v) is 15.3. The van der Waals surface area contributed by atoms with Gasteiger partial charge in [0, 0.05) is 29.8 Å². The Kier molecular flexibility index (Phi) is 5.74. The molecular weight excluding hydrogens is 314 g/mol. The van der Waals surface area contributed by atoms with Crippen LogP contribution in [0.3, 0.4) is 0 Å². The number of hydrogen-bond acceptors (Lipinski definition) is 3. The second-order valence-corrected chi connectivity index (χ2v) is 7.39. The smallest absolute Gasteiger partial charge is 0.254 e. The van der Waals surface area contributed by atoms with Crippen molar-refractivity contribution in [3.05, 3.63) is 29.3 Å². The Bertz CT molecular complexity index is 638. The molecule has 2 amide bonds. The molecule has 2 N–H and O–H groups in total. The van der Waals surface area contributed by atoms with Crippen molar-refractivity contribution in [3.8, 4) is 0 Å². The van der Waals surface area contributed by atoms with Crippen molar-refractivity contribution in [1.29, 1.82) is 0 Å². The van der Waals surface area contributed by atoms with Crippen LogP contribution in [-0.2, 0) is 4.79 Å². The van der Waals surface area contributed by atoms with Crippen LogP contribution in [0.1, 0.15) is 54.9 Å². The van der Waals surface area contributed by atoms with Gasteiger partial charge in [-0.1, -0.05) is 0 Å². The Hall–Kier alpha value is -1.88. The van der Waals surface area contributed by atoms with Crippen molar-refractivity contribution in [3.63, 3.8) is 0 Å². The fourth-order valence-electron chi connectivity index (χ4n) is 3.82. The van der Waals surface area contributed by atoms with E-state index < -0.39 is 0 Å².